The molecule has 1 aliphatic carbocycles. The van der Waals surface area contributed by atoms with Crippen LogP contribution in [0.25, 0.3) is 0 Å². The van der Waals surface area contributed by atoms with Crippen LogP contribution in [0.15, 0.2) is 46.7 Å². The van der Waals surface area contributed by atoms with Gasteiger partial charge in [-0.25, -0.2) is 19.9 Å². The summed E-state index contributed by atoms with van der Waals surface area (Å²) >= 11 is 1.32. The van der Waals surface area contributed by atoms with Crippen LogP contribution >= 0.6 is 11.8 Å². The Bertz CT molecular complexity index is 1380. The zero-order valence-corrected chi connectivity index (χ0v) is 20.3. The molecule has 1 amide bonds. The van der Waals surface area contributed by atoms with Crippen LogP contribution in [0.2, 0.25) is 0 Å². The van der Waals surface area contributed by atoms with E-state index in [0.29, 0.717) is 21.6 Å². The lowest BCUT2D eigenvalue weighted by Gasteiger charge is -2.42. The predicted octanol–water partition coefficient (Wildman–Crippen LogP) is 1.17. The molecule has 1 spiro atoms. The molecule has 2 aromatic heterocycles. The van der Waals surface area contributed by atoms with Crippen LogP contribution in [0.3, 0.4) is 0 Å². The molecule has 3 heterocycles. The number of hydrogen-bond donors (Lipinski definition) is 4. The van der Waals surface area contributed by atoms with E-state index >= 15 is 0 Å². The van der Waals surface area contributed by atoms with Crippen molar-refractivity contribution in [1.82, 2.24) is 19.9 Å². The lowest BCUT2D eigenvalue weighted by atomic mass is 9.73. The maximum Gasteiger partial charge on any atom is 0.293 e. The summed E-state index contributed by atoms with van der Waals surface area (Å²) in [5, 5.41) is 11.3. The highest BCUT2D eigenvalue weighted by Gasteiger charge is 2.46. The minimum absolute atomic E-state index is 0.0515. The summed E-state index contributed by atoms with van der Waals surface area (Å²) in [5.74, 6) is 5.42. The third-order valence-corrected chi connectivity index (χ3v) is 7.72. The second kappa shape index (κ2) is 9.73. The van der Waals surface area contributed by atoms with E-state index < -0.39 is 5.91 Å². The number of benzene rings is 1. The molecule has 3 aromatic rings. The van der Waals surface area contributed by atoms with Gasteiger partial charge >= 0.3 is 0 Å². The van der Waals surface area contributed by atoms with Crippen LogP contribution in [0, 0.1) is 17.3 Å². The first-order chi connectivity index (χ1) is 17.4. The quantitative estimate of drug-likeness (QED) is 0.300. The molecule has 10 nitrogen and oxygen atoms in total. The number of carbonyl (C=O) groups excluding carboxylic acids is 1. The van der Waals surface area contributed by atoms with Gasteiger partial charge in [-0.05, 0) is 71.7 Å². The lowest BCUT2D eigenvalue weighted by molar-refractivity contribution is -0.112. The number of nitrogens with zero attached hydrogens (tertiary/aromatic N) is 5. The maximum atomic E-state index is 11.0. The Morgan fingerprint density at radius 3 is 2.72 bits per heavy atom. The van der Waals surface area contributed by atoms with Gasteiger partial charge in [0.25, 0.3) is 5.91 Å². The number of aromatic nitrogens is 4. The number of primary amides is 1. The SMILES string of the molecule is NC(=O)C#Cc1ccc2c(c1)[C@@H](N)C1(CCN(c3ncc(Sc4ccnc(N)n4)nc3CO)CC1)C2. The van der Waals surface area contributed by atoms with E-state index in [4.69, 9.17) is 17.2 Å². The standard InChI is InChI=1S/C25H26N8O2S/c26-19(35)4-2-15-1-3-16-12-25(22(27)17(16)11-15)6-9-33(10-7-25)23-18(14-34)31-21(13-30-23)36-20-5-8-29-24(28)32-20/h1,3,5,8,11,13,22,34H,6-7,9-10,12,14,27H2,(H2,26,35)(H2,28,29,32)/t22-/m1/s1. The van der Waals surface area contributed by atoms with Gasteiger partial charge in [-0.15, -0.1) is 0 Å². The van der Waals surface area contributed by atoms with Crippen LogP contribution < -0.4 is 22.1 Å². The number of nitrogen functional groups attached to an aromatic ring is 1. The summed E-state index contributed by atoms with van der Waals surface area (Å²) in [6.45, 7) is 1.30. The zero-order valence-electron chi connectivity index (χ0n) is 19.5. The first-order valence-corrected chi connectivity index (χ1v) is 12.4. The fourth-order valence-electron chi connectivity index (χ4n) is 5.07. The van der Waals surface area contributed by atoms with Crippen molar-refractivity contribution >= 4 is 29.4 Å². The molecule has 5 rings (SSSR count). The average molecular weight is 503 g/mol. The third-order valence-electron chi connectivity index (χ3n) is 6.88. The lowest BCUT2D eigenvalue weighted by Crippen LogP contribution is -2.45. The third kappa shape index (κ3) is 4.70. The van der Waals surface area contributed by atoms with Crippen molar-refractivity contribution in [1.29, 1.82) is 0 Å². The zero-order chi connectivity index (χ0) is 25.3. The molecular weight excluding hydrogens is 476 g/mol. The Balaban J connectivity index is 1.30. The van der Waals surface area contributed by atoms with Crippen molar-refractivity contribution in [3.05, 3.63) is 59.0 Å². The van der Waals surface area contributed by atoms with Crippen LogP contribution in [0.4, 0.5) is 11.8 Å². The minimum atomic E-state index is -0.653. The van der Waals surface area contributed by atoms with Crippen LogP contribution in [-0.4, -0.2) is 44.0 Å². The summed E-state index contributed by atoms with van der Waals surface area (Å²) in [5.41, 5.74) is 21.1. The van der Waals surface area contributed by atoms with E-state index in [1.54, 1.807) is 18.5 Å². The smallest absolute Gasteiger partial charge is 0.293 e. The molecule has 1 aromatic carbocycles. The fourth-order valence-corrected chi connectivity index (χ4v) is 5.81. The van der Waals surface area contributed by atoms with E-state index in [2.05, 4.69) is 42.7 Å². The predicted molar refractivity (Wildman–Crippen MR) is 136 cm³/mol. The Hall–Kier alpha value is -3.72. The molecule has 11 heteroatoms. The fraction of sp³-hybridized carbons (Fsp3) is 0.320. The second-order valence-electron chi connectivity index (χ2n) is 9.02. The van der Waals surface area contributed by atoms with Gasteiger partial charge in [0.2, 0.25) is 5.95 Å². The van der Waals surface area contributed by atoms with Gasteiger partial charge in [0.15, 0.2) is 5.82 Å². The molecule has 2 aliphatic rings. The number of piperidine rings is 1. The number of anilines is 2. The summed E-state index contributed by atoms with van der Waals surface area (Å²) in [6, 6.07) is 7.57. The monoisotopic (exact) mass is 502 g/mol. The van der Waals surface area contributed by atoms with E-state index in [-0.39, 0.29) is 24.0 Å². The summed E-state index contributed by atoms with van der Waals surface area (Å²) < 4.78 is 0. The molecule has 7 N–H and O–H groups in total. The average Bonchev–Trinajstić information content (AvgIpc) is 3.14. The molecule has 1 fully saturated rings. The Morgan fingerprint density at radius 1 is 1.19 bits per heavy atom. The van der Waals surface area contributed by atoms with Gasteiger partial charge in [-0.2, -0.15) is 0 Å². The van der Waals surface area contributed by atoms with Crippen molar-refractivity contribution in [3.8, 4) is 11.8 Å². The number of amides is 1. The van der Waals surface area contributed by atoms with Crippen molar-refractivity contribution in [2.24, 2.45) is 16.9 Å². The van der Waals surface area contributed by atoms with Gasteiger partial charge in [0, 0.05) is 30.9 Å². The number of hydrogen-bond acceptors (Lipinski definition) is 10. The highest BCUT2D eigenvalue weighted by Crippen LogP contribution is 2.51. The Labute approximate surface area is 212 Å². The molecule has 0 bridgehead atoms. The van der Waals surface area contributed by atoms with Crippen molar-refractivity contribution in [3.63, 3.8) is 0 Å². The first kappa shape index (κ1) is 24.0. The van der Waals surface area contributed by atoms with Crippen molar-refractivity contribution in [2.75, 3.05) is 23.7 Å². The summed E-state index contributed by atoms with van der Waals surface area (Å²) in [4.78, 5) is 30.5. The van der Waals surface area contributed by atoms with Gasteiger partial charge in [-0.1, -0.05) is 12.0 Å². The largest absolute Gasteiger partial charge is 0.390 e. The van der Waals surface area contributed by atoms with Gasteiger partial charge in [0.1, 0.15) is 15.7 Å². The molecule has 1 atom stereocenters. The van der Waals surface area contributed by atoms with E-state index in [1.165, 1.54) is 17.3 Å². The molecule has 36 heavy (non-hydrogen) atoms. The van der Waals surface area contributed by atoms with Gasteiger partial charge in [-0.3, -0.25) is 4.79 Å². The maximum absolute atomic E-state index is 11.0. The number of carbonyl (C=O) groups is 1. The molecule has 0 unspecified atom stereocenters. The van der Waals surface area contributed by atoms with E-state index in [9.17, 15) is 9.90 Å². The number of rotatable bonds is 4. The van der Waals surface area contributed by atoms with Gasteiger partial charge in [0.05, 0.1) is 12.8 Å². The molecule has 0 radical (unpaired) electrons. The summed E-state index contributed by atoms with van der Waals surface area (Å²) in [6.07, 6.45) is 5.94. The Morgan fingerprint density at radius 2 is 2.00 bits per heavy atom. The normalized spacial score (nSPS) is 17.9. The van der Waals surface area contributed by atoms with Crippen molar-refractivity contribution < 1.29 is 9.90 Å². The van der Waals surface area contributed by atoms with Crippen LogP contribution in [0.1, 0.15) is 41.3 Å². The number of fused-ring (bicyclic) bond motifs is 1. The van der Waals surface area contributed by atoms with Crippen LogP contribution in [-0.2, 0) is 17.8 Å². The number of aliphatic hydroxyl groups excluding tert-OH is 1. The number of aliphatic hydroxyl groups is 1. The molecule has 0 saturated carbocycles. The van der Waals surface area contributed by atoms with Crippen molar-refractivity contribution in [2.45, 2.75) is 42.0 Å². The minimum Gasteiger partial charge on any atom is -0.390 e. The second-order valence-corrected chi connectivity index (χ2v) is 10.1. The van der Waals surface area contributed by atoms with E-state index in [0.717, 1.165) is 43.5 Å². The molecule has 184 valence electrons. The molecular formula is C25H26N8O2S. The number of nitrogens with two attached hydrogens (primary N) is 3. The molecule has 1 aliphatic heterocycles. The Kier molecular flexibility index (Phi) is 6.49. The highest BCUT2D eigenvalue weighted by molar-refractivity contribution is 7.99. The first-order valence-electron chi connectivity index (χ1n) is 11.5. The topological polar surface area (TPSA) is 170 Å². The molecule has 1 saturated heterocycles. The van der Waals surface area contributed by atoms with Crippen LogP contribution in [0.5, 0.6) is 0 Å². The highest BCUT2D eigenvalue weighted by atomic mass is 32.2. The summed E-state index contributed by atoms with van der Waals surface area (Å²) in [7, 11) is 0. The van der Waals surface area contributed by atoms with E-state index in [1.807, 2.05) is 12.1 Å². The van der Waals surface area contributed by atoms with Gasteiger partial charge < -0.3 is 27.2 Å².